The molecule has 0 saturated carbocycles. The molecular weight excluding hydrogens is 329 g/mol. The second-order valence-corrected chi connectivity index (χ2v) is 4.75. The third kappa shape index (κ3) is 5.14. The number of para-hydroxylation sites is 1. The molecule has 0 fully saturated rings. The molecule has 2 rings (SSSR count). The summed E-state index contributed by atoms with van der Waals surface area (Å²) in [5.74, 6) is -2.32. The molecule has 0 heterocycles. The lowest BCUT2D eigenvalue weighted by Gasteiger charge is -2.08. The first-order valence-corrected chi connectivity index (χ1v) is 7.02. The second-order valence-electron chi connectivity index (χ2n) is 4.75. The van der Waals surface area contributed by atoms with Gasteiger partial charge < -0.3 is 10.1 Å². The molecule has 7 nitrogen and oxygen atoms in total. The van der Waals surface area contributed by atoms with E-state index in [4.69, 9.17) is 10.00 Å². The van der Waals surface area contributed by atoms with Crippen LogP contribution in [0, 0.1) is 17.1 Å². The molecule has 3 amide bonds. The van der Waals surface area contributed by atoms with Gasteiger partial charge in [-0.05, 0) is 36.4 Å². The van der Waals surface area contributed by atoms with Crippen LogP contribution in [0.4, 0.5) is 14.9 Å². The molecule has 25 heavy (non-hydrogen) atoms. The zero-order valence-corrected chi connectivity index (χ0v) is 12.8. The fraction of sp³-hybridized carbons (Fsp3) is 0.0588. The van der Waals surface area contributed by atoms with E-state index in [1.807, 2.05) is 11.4 Å². The van der Waals surface area contributed by atoms with Crippen LogP contribution in [0.2, 0.25) is 0 Å². The number of urea groups is 1. The molecule has 2 aromatic rings. The summed E-state index contributed by atoms with van der Waals surface area (Å²) >= 11 is 0. The SMILES string of the molecule is N#Cc1ccc(C(=O)OCC(=O)NC(=O)Nc2ccccc2F)cc1. The lowest BCUT2D eigenvalue weighted by molar-refractivity contribution is -0.123. The normalized spacial score (nSPS) is 9.60. The van der Waals surface area contributed by atoms with Crippen LogP contribution >= 0.6 is 0 Å². The first-order valence-electron chi connectivity index (χ1n) is 7.02. The van der Waals surface area contributed by atoms with Crippen molar-refractivity contribution in [3.8, 4) is 6.07 Å². The largest absolute Gasteiger partial charge is 0.452 e. The monoisotopic (exact) mass is 341 g/mol. The van der Waals surface area contributed by atoms with E-state index in [-0.39, 0.29) is 11.3 Å². The Morgan fingerprint density at radius 2 is 1.76 bits per heavy atom. The highest BCUT2D eigenvalue weighted by Crippen LogP contribution is 2.11. The summed E-state index contributed by atoms with van der Waals surface area (Å²) in [7, 11) is 0. The van der Waals surface area contributed by atoms with Gasteiger partial charge in [0.05, 0.1) is 22.9 Å². The lowest BCUT2D eigenvalue weighted by Crippen LogP contribution is -2.37. The minimum absolute atomic E-state index is 0.0950. The Balaban J connectivity index is 1.81. The van der Waals surface area contributed by atoms with E-state index in [1.165, 1.54) is 42.5 Å². The average molecular weight is 341 g/mol. The van der Waals surface area contributed by atoms with Crippen LogP contribution < -0.4 is 10.6 Å². The second kappa shape index (κ2) is 8.21. The molecule has 0 spiro atoms. The summed E-state index contributed by atoms with van der Waals surface area (Å²) in [6.07, 6.45) is 0. The van der Waals surface area contributed by atoms with Gasteiger partial charge in [0.1, 0.15) is 5.82 Å². The van der Waals surface area contributed by atoms with Gasteiger partial charge in [-0.25, -0.2) is 14.0 Å². The van der Waals surface area contributed by atoms with E-state index in [0.717, 1.165) is 6.07 Å². The predicted octanol–water partition coefficient (Wildman–Crippen LogP) is 2.20. The van der Waals surface area contributed by atoms with Crippen molar-refractivity contribution in [3.05, 3.63) is 65.5 Å². The van der Waals surface area contributed by atoms with Gasteiger partial charge in [0.15, 0.2) is 6.61 Å². The van der Waals surface area contributed by atoms with Gasteiger partial charge in [0.25, 0.3) is 5.91 Å². The van der Waals surface area contributed by atoms with Gasteiger partial charge in [0, 0.05) is 0 Å². The lowest BCUT2D eigenvalue weighted by atomic mass is 10.1. The van der Waals surface area contributed by atoms with Gasteiger partial charge in [0.2, 0.25) is 0 Å². The summed E-state index contributed by atoms with van der Waals surface area (Å²) < 4.78 is 18.1. The molecule has 0 radical (unpaired) electrons. The molecule has 0 bridgehead atoms. The third-order valence-electron chi connectivity index (χ3n) is 2.96. The van der Waals surface area contributed by atoms with E-state index in [1.54, 1.807) is 0 Å². The first-order chi connectivity index (χ1) is 12.0. The number of imide groups is 1. The van der Waals surface area contributed by atoms with Crippen LogP contribution in [-0.2, 0) is 9.53 Å². The molecule has 126 valence electrons. The maximum atomic E-state index is 13.4. The number of hydrogen-bond donors (Lipinski definition) is 2. The van der Waals surface area contributed by atoms with Gasteiger partial charge in [-0.15, -0.1) is 0 Å². The van der Waals surface area contributed by atoms with Gasteiger partial charge >= 0.3 is 12.0 Å². The summed E-state index contributed by atoms with van der Waals surface area (Å²) in [5.41, 5.74) is 0.434. The van der Waals surface area contributed by atoms with E-state index in [2.05, 4.69) is 5.32 Å². The van der Waals surface area contributed by atoms with Crippen LogP contribution in [-0.4, -0.2) is 24.5 Å². The van der Waals surface area contributed by atoms with Crippen LogP contribution in [0.1, 0.15) is 15.9 Å². The Morgan fingerprint density at radius 1 is 1.08 bits per heavy atom. The summed E-state index contributed by atoms with van der Waals surface area (Å²) in [6, 6.07) is 12.0. The fourth-order valence-corrected chi connectivity index (χ4v) is 1.77. The van der Waals surface area contributed by atoms with Crippen molar-refractivity contribution in [2.75, 3.05) is 11.9 Å². The van der Waals surface area contributed by atoms with Crippen molar-refractivity contribution in [1.82, 2.24) is 5.32 Å². The summed E-state index contributed by atoms with van der Waals surface area (Å²) in [4.78, 5) is 34.9. The number of nitrogens with zero attached hydrogens (tertiary/aromatic N) is 1. The molecule has 8 heteroatoms. The molecule has 0 aliphatic heterocycles. The minimum atomic E-state index is -0.954. The maximum Gasteiger partial charge on any atom is 0.338 e. The molecule has 0 aliphatic carbocycles. The smallest absolute Gasteiger partial charge is 0.338 e. The van der Waals surface area contributed by atoms with Crippen LogP contribution in [0.25, 0.3) is 0 Å². The van der Waals surface area contributed by atoms with Crippen LogP contribution in [0.15, 0.2) is 48.5 Å². The fourth-order valence-electron chi connectivity index (χ4n) is 1.77. The molecule has 0 aliphatic rings. The quantitative estimate of drug-likeness (QED) is 0.829. The number of halogens is 1. The van der Waals surface area contributed by atoms with Crippen molar-refractivity contribution >= 4 is 23.6 Å². The molecule has 2 N–H and O–H groups in total. The number of nitrogens with one attached hydrogen (secondary N) is 2. The molecule has 2 aromatic carbocycles. The number of rotatable bonds is 4. The van der Waals surface area contributed by atoms with E-state index >= 15 is 0 Å². The van der Waals surface area contributed by atoms with Gasteiger partial charge in [-0.2, -0.15) is 5.26 Å². The number of carbonyl (C=O) groups is 3. The Hall–Kier alpha value is -3.73. The number of anilines is 1. The number of benzene rings is 2. The van der Waals surface area contributed by atoms with Crippen LogP contribution in [0.5, 0.6) is 0 Å². The number of hydrogen-bond acceptors (Lipinski definition) is 5. The third-order valence-corrected chi connectivity index (χ3v) is 2.96. The Morgan fingerprint density at radius 3 is 2.40 bits per heavy atom. The Kier molecular flexibility index (Phi) is 5.79. The number of carbonyl (C=O) groups excluding carboxylic acids is 3. The maximum absolute atomic E-state index is 13.4. The summed E-state index contributed by atoms with van der Waals surface area (Å²) in [5, 5.41) is 12.7. The van der Waals surface area contributed by atoms with Crippen molar-refractivity contribution in [2.45, 2.75) is 0 Å². The molecule has 0 unspecified atom stereocenters. The van der Waals surface area contributed by atoms with Crippen molar-refractivity contribution < 1.29 is 23.5 Å². The highest BCUT2D eigenvalue weighted by Gasteiger charge is 2.13. The van der Waals surface area contributed by atoms with E-state index < -0.39 is 30.3 Å². The topological polar surface area (TPSA) is 108 Å². The highest BCUT2D eigenvalue weighted by molar-refractivity contribution is 6.02. The number of amides is 3. The van der Waals surface area contributed by atoms with E-state index in [0.29, 0.717) is 5.56 Å². The molecular formula is C17H12FN3O4. The van der Waals surface area contributed by atoms with E-state index in [9.17, 15) is 18.8 Å². The Labute approximate surface area is 142 Å². The van der Waals surface area contributed by atoms with Crippen molar-refractivity contribution in [3.63, 3.8) is 0 Å². The van der Waals surface area contributed by atoms with Gasteiger partial charge in [-0.1, -0.05) is 12.1 Å². The standard InChI is InChI=1S/C17H12FN3O4/c18-13-3-1-2-4-14(13)20-17(24)21-15(22)10-25-16(23)12-7-5-11(9-19)6-8-12/h1-8H,10H2,(H2,20,21,22,24). The molecule has 0 aromatic heterocycles. The zero-order chi connectivity index (χ0) is 18.2. The number of esters is 1. The zero-order valence-electron chi connectivity index (χ0n) is 12.8. The van der Waals surface area contributed by atoms with Crippen molar-refractivity contribution in [1.29, 1.82) is 5.26 Å². The number of ether oxygens (including phenoxy) is 1. The molecule has 0 atom stereocenters. The van der Waals surface area contributed by atoms with Crippen molar-refractivity contribution in [2.24, 2.45) is 0 Å². The number of nitriles is 1. The first kappa shape index (κ1) is 17.6. The predicted molar refractivity (Wildman–Crippen MR) is 85.0 cm³/mol. The average Bonchev–Trinajstić information content (AvgIpc) is 2.61. The van der Waals surface area contributed by atoms with Crippen LogP contribution in [0.3, 0.4) is 0 Å². The van der Waals surface area contributed by atoms with Gasteiger partial charge in [-0.3, -0.25) is 10.1 Å². The highest BCUT2D eigenvalue weighted by atomic mass is 19.1. The Bertz CT molecular complexity index is 844. The molecule has 0 saturated heterocycles. The minimum Gasteiger partial charge on any atom is -0.452 e. The summed E-state index contributed by atoms with van der Waals surface area (Å²) in [6.45, 7) is -0.691.